The smallest absolute Gasteiger partial charge is 0.244 e. The Morgan fingerprint density at radius 2 is 1.84 bits per heavy atom. The number of sulfonamides is 1. The highest BCUT2D eigenvalue weighted by Gasteiger charge is 2.36. The molecular formula is C22H24Cl2N2O4S. The molecule has 0 unspecified atom stereocenters. The van der Waals surface area contributed by atoms with Gasteiger partial charge in [0.1, 0.15) is 10.6 Å². The van der Waals surface area contributed by atoms with Gasteiger partial charge in [-0.3, -0.25) is 4.79 Å². The van der Waals surface area contributed by atoms with Crippen molar-refractivity contribution in [3.63, 3.8) is 0 Å². The van der Waals surface area contributed by atoms with Gasteiger partial charge in [-0.2, -0.15) is 4.31 Å². The maximum atomic E-state index is 13.3. The molecule has 2 aliphatic heterocycles. The number of benzene rings is 2. The van der Waals surface area contributed by atoms with Gasteiger partial charge in [0.2, 0.25) is 15.9 Å². The highest BCUT2D eigenvalue weighted by molar-refractivity contribution is 7.89. The lowest BCUT2D eigenvalue weighted by Gasteiger charge is -2.36. The number of fused-ring (bicyclic) bond motifs is 1. The molecule has 0 bridgehead atoms. The van der Waals surface area contributed by atoms with E-state index in [4.69, 9.17) is 27.9 Å². The van der Waals surface area contributed by atoms with Crippen LogP contribution < -0.4 is 9.64 Å². The molecule has 2 aliphatic rings. The van der Waals surface area contributed by atoms with Crippen LogP contribution in [0.2, 0.25) is 10.0 Å². The number of hydrogen-bond donors (Lipinski definition) is 0. The number of amides is 1. The minimum absolute atomic E-state index is 0.00495. The van der Waals surface area contributed by atoms with Gasteiger partial charge in [-0.05, 0) is 61.6 Å². The van der Waals surface area contributed by atoms with Crippen LogP contribution in [0.25, 0.3) is 0 Å². The molecule has 0 spiro atoms. The number of nitrogens with zero attached hydrogens (tertiary/aromatic N) is 2. The summed E-state index contributed by atoms with van der Waals surface area (Å²) in [5.41, 5.74) is 2.03. The van der Waals surface area contributed by atoms with E-state index in [1.54, 1.807) is 19.2 Å². The second-order valence-electron chi connectivity index (χ2n) is 7.82. The second-order valence-corrected chi connectivity index (χ2v) is 10.5. The lowest BCUT2D eigenvalue weighted by atomic mass is 9.94. The fourth-order valence-electron chi connectivity index (χ4n) is 4.32. The van der Waals surface area contributed by atoms with Crippen molar-refractivity contribution in [3.8, 4) is 5.75 Å². The highest BCUT2D eigenvalue weighted by atomic mass is 35.5. The average Bonchev–Trinajstić information content (AvgIpc) is 2.79. The third-order valence-corrected chi connectivity index (χ3v) is 8.88. The number of rotatable bonds is 4. The number of hydrogen-bond acceptors (Lipinski definition) is 4. The average molecular weight is 483 g/mol. The van der Waals surface area contributed by atoms with E-state index in [0.717, 1.165) is 29.8 Å². The van der Waals surface area contributed by atoms with E-state index < -0.39 is 10.0 Å². The van der Waals surface area contributed by atoms with Crippen molar-refractivity contribution in [2.24, 2.45) is 5.92 Å². The first-order chi connectivity index (χ1) is 14.8. The Labute approximate surface area is 192 Å². The molecule has 0 aliphatic carbocycles. The molecule has 1 fully saturated rings. The Bertz CT molecular complexity index is 1100. The topological polar surface area (TPSA) is 66.9 Å². The van der Waals surface area contributed by atoms with Gasteiger partial charge >= 0.3 is 0 Å². The predicted molar refractivity (Wildman–Crippen MR) is 122 cm³/mol. The van der Waals surface area contributed by atoms with Crippen LogP contribution in [-0.2, 0) is 21.2 Å². The van der Waals surface area contributed by atoms with Gasteiger partial charge in [0.25, 0.3) is 0 Å². The van der Waals surface area contributed by atoms with Crippen molar-refractivity contribution >= 4 is 44.8 Å². The molecular weight excluding hydrogens is 459 g/mol. The van der Waals surface area contributed by atoms with Crippen LogP contribution in [0.1, 0.15) is 24.8 Å². The Kier molecular flexibility index (Phi) is 6.49. The van der Waals surface area contributed by atoms with Gasteiger partial charge in [-0.1, -0.05) is 29.3 Å². The zero-order valence-corrected chi connectivity index (χ0v) is 19.5. The molecule has 0 atom stereocenters. The number of carbonyl (C=O) groups excluding carboxylic acids is 1. The number of halogens is 2. The first kappa shape index (κ1) is 22.4. The van der Waals surface area contributed by atoms with E-state index in [0.29, 0.717) is 19.4 Å². The van der Waals surface area contributed by atoms with Crippen LogP contribution in [0.3, 0.4) is 0 Å². The third kappa shape index (κ3) is 4.29. The second kappa shape index (κ2) is 8.98. The Morgan fingerprint density at radius 1 is 1.10 bits per heavy atom. The summed E-state index contributed by atoms with van der Waals surface area (Å²) < 4.78 is 32.8. The largest absolute Gasteiger partial charge is 0.497 e. The summed E-state index contributed by atoms with van der Waals surface area (Å²) in [7, 11) is -2.14. The molecule has 31 heavy (non-hydrogen) atoms. The number of carbonyl (C=O) groups is 1. The van der Waals surface area contributed by atoms with Crippen molar-refractivity contribution in [2.45, 2.75) is 30.6 Å². The van der Waals surface area contributed by atoms with Crippen molar-refractivity contribution in [1.82, 2.24) is 4.31 Å². The molecule has 0 radical (unpaired) electrons. The Hall–Kier alpha value is -1.80. The fourth-order valence-corrected chi connectivity index (χ4v) is 6.52. The lowest BCUT2D eigenvalue weighted by Crippen LogP contribution is -2.45. The molecule has 2 aromatic carbocycles. The maximum absolute atomic E-state index is 13.3. The molecule has 0 aromatic heterocycles. The number of ether oxygens (including phenoxy) is 1. The van der Waals surface area contributed by atoms with E-state index >= 15 is 0 Å². The molecule has 6 nitrogen and oxygen atoms in total. The minimum Gasteiger partial charge on any atom is -0.497 e. The van der Waals surface area contributed by atoms with Crippen LogP contribution in [0.15, 0.2) is 41.3 Å². The SMILES string of the molecule is COc1ccc2c(c1)CCCN2C(=O)C1CCN(S(=O)(=O)c2cccc(Cl)c2Cl)CC1. The van der Waals surface area contributed by atoms with Crippen LogP contribution in [-0.4, -0.2) is 45.4 Å². The van der Waals surface area contributed by atoms with Gasteiger partial charge in [0.05, 0.1) is 17.2 Å². The molecule has 166 valence electrons. The fraction of sp³-hybridized carbons (Fsp3) is 0.409. The van der Waals surface area contributed by atoms with E-state index in [1.165, 1.54) is 10.4 Å². The first-order valence-electron chi connectivity index (χ1n) is 10.3. The monoisotopic (exact) mass is 482 g/mol. The lowest BCUT2D eigenvalue weighted by molar-refractivity contribution is -0.123. The predicted octanol–water partition coefficient (Wildman–Crippen LogP) is 4.38. The zero-order chi connectivity index (χ0) is 22.2. The van der Waals surface area contributed by atoms with Crippen LogP contribution >= 0.6 is 23.2 Å². The Morgan fingerprint density at radius 3 is 2.55 bits per heavy atom. The first-order valence-corrected chi connectivity index (χ1v) is 12.4. The van der Waals surface area contributed by atoms with E-state index in [2.05, 4.69) is 0 Å². The van der Waals surface area contributed by atoms with Crippen molar-refractivity contribution in [2.75, 3.05) is 31.6 Å². The van der Waals surface area contributed by atoms with E-state index in [1.807, 2.05) is 23.1 Å². The minimum atomic E-state index is -3.77. The van der Waals surface area contributed by atoms with Gasteiger partial charge in [-0.15, -0.1) is 0 Å². The molecule has 1 amide bonds. The van der Waals surface area contributed by atoms with Gasteiger partial charge in [-0.25, -0.2) is 8.42 Å². The number of methoxy groups -OCH3 is 1. The summed E-state index contributed by atoms with van der Waals surface area (Å²) >= 11 is 12.1. The highest BCUT2D eigenvalue weighted by Crippen LogP contribution is 2.35. The quantitative estimate of drug-likeness (QED) is 0.648. The summed E-state index contributed by atoms with van der Waals surface area (Å²) in [6.45, 7) is 1.21. The molecule has 4 rings (SSSR count). The van der Waals surface area contributed by atoms with Crippen molar-refractivity contribution < 1.29 is 17.9 Å². The standard InChI is InChI=1S/C22H24Cl2N2O4S/c1-30-17-7-8-19-16(14-17)4-3-11-26(19)22(27)15-9-12-25(13-10-15)31(28,29)20-6-2-5-18(23)21(20)24/h2,5-8,14-15H,3-4,9-13H2,1H3. The summed E-state index contributed by atoms with van der Waals surface area (Å²) in [4.78, 5) is 15.1. The number of piperidine rings is 1. The molecule has 1 saturated heterocycles. The maximum Gasteiger partial charge on any atom is 0.244 e. The van der Waals surface area contributed by atoms with E-state index in [9.17, 15) is 13.2 Å². The van der Waals surface area contributed by atoms with Crippen molar-refractivity contribution in [1.29, 1.82) is 0 Å². The molecule has 9 heteroatoms. The van der Waals surface area contributed by atoms with E-state index in [-0.39, 0.29) is 39.9 Å². The van der Waals surface area contributed by atoms with Gasteiger partial charge in [0, 0.05) is 31.2 Å². The van der Waals surface area contributed by atoms with Crippen LogP contribution in [0, 0.1) is 5.92 Å². The molecule has 0 N–H and O–H groups in total. The van der Waals surface area contributed by atoms with Crippen LogP contribution in [0.4, 0.5) is 5.69 Å². The summed E-state index contributed by atoms with van der Waals surface area (Å²) in [5, 5.41) is 0.232. The molecule has 2 aromatic rings. The summed E-state index contributed by atoms with van der Waals surface area (Å²) in [6, 6.07) is 10.4. The third-order valence-electron chi connectivity index (χ3n) is 6.01. The summed E-state index contributed by atoms with van der Waals surface area (Å²) in [5.74, 6) is 0.629. The number of anilines is 1. The molecule has 2 heterocycles. The van der Waals surface area contributed by atoms with Gasteiger partial charge in [0.15, 0.2) is 0 Å². The van der Waals surface area contributed by atoms with Crippen LogP contribution in [0.5, 0.6) is 5.75 Å². The Balaban J connectivity index is 1.47. The normalized spacial score (nSPS) is 18.0. The number of aryl methyl sites for hydroxylation is 1. The summed E-state index contributed by atoms with van der Waals surface area (Å²) in [6.07, 6.45) is 2.75. The zero-order valence-electron chi connectivity index (χ0n) is 17.2. The van der Waals surface area contributed by atoms with Gasteiger partial charge < -0.3 is 9.64 Å². The van der Waals surface area contributed by atoms with Crippen molar-refractivity contribution in [3.05, 3.63) is 52.0 Å². The molecule has 0 saturated carbocycles.